The highest BCUT2D eigenvalue weighted by molar-refractivity contribution is 6.30. The summed E-state index contributed by atoms with van der Waals surface area (Å²) in [7, 11) is 0. The summed E-state index contributed by atoms with van der Waals surface area (Å²) in [5, 5.41) is 4.00. The van der Waals surface area contributed by atoms with Gasteiger partial charge in [-0.05, 0) is 43.7 Å². The van der Waals surface area contributed by atoms with Gasteiger partial charge in [-0.1, -0.05) is 23.7 Å². The number of nitrogens with one attached hydrogen (secondary N) is 1. The molecule has 0 bridgehead atoms. The Morgan fingerprint density at radius 1 is 1.18 bits per heavy atom. The summed E-state index contributed by atoms with van der Waals surface area (Å²) >= 11 is 6.05. The Hall–Kier alpha value is -3.10. The smallest absolute Gasteiger partial charge is 0.231 e. The monoisotopic (exact) mass is 470 g/mol. The Morgan fingerprint density at radius 2 is 1.91 bits per heavy atom. The van der Waals surface area contributed by atoms with Crippen LogP contribution in [0.15, 0.2) is 53.7 Å². The molecule has 1 aliphatic heterocycles. The first kappa shape index (κ1) is 23.1. The molecule has 0 aliphatic carbocycles. The van der Waals surface area contributed by atoms with E-state index < -0.39 is 5.82 Å². The van der Waals surface area contributed by atoms with Gasteiger partial charge in [-0.15, -0.1) is 0 Å². The first-order valence-corrected chi connectivity index (χ1v) is 11.3. The molecule has 3 aromatic rings. The van der Waals surface area contributed by atoms with Crippen LogP contribution in [0.2, 0.25) is 5.02 Å². The summed E-state index contributed by atoms with van der Waals surface area (Å²) in [6.07, 6.45) is 1.62. The fraction of sp³-hybridized carbons (Fsp3) is 0.333. The fourth-order valence-electron chi connectivity index (χ4n) is 3.69. The van der Waals surface area contributed by atoms with Gasteiger partial charge >= 0.3 is 0 Å². The number of rotatable bonds is 6. The average molecular weight is 471 g/mol. The normalized spacial score (nSPS) is 14.7. The molecule has 3 N–H and O–H groups in total. The van der Waals surface area contributed by atoms with Gasteiger partial charge in [-0.25, -0.2) is 14.4 Å². The Morgan fingerprint density at radius 3 is 2.58 bits per heavy atom. The van der Waals surface area contributed by atoms with Gasteiger partial charge in [0.25, 0.3) is 0 Å². The third-order valence-electron chi connectivity index (χ3n) is 5.32. The molecule has 7 nitrogen and oxygen atoms in total. The second-order valence-corrected chi connectivity index (χ2v) is 8.61. The highest BCUT2D eigenvalue weighted by Gasteiger charge is 2.17. The molecule has 1 saturated heterocycles. The molecule has 1 aliphatic rings. The molecule has 33 heavy (non-hydrogen) atoms. The summed E-state index contributed by atoms with van der Waals surface area (Å²) < 4.78 is 21.9. The van der Waals surface area contributed by atoms with Crippen molar-refractivity contribution in [3.63, 3.8) is 0 Å². The molecule has 0 saturated carbocycles. The minimum absolute atomic E-state index is 0.122. The van der Waals surface area contributed by atoms with E-state index in [-0.39, 0.29) is 11.9 Å². The minimum Gasteiger partial charge on any atom is -0.488 e. The van der Waals surface area contributed by atoms with Gasteiger partial charge in [0.1, 0.15) is 5.82 Å². The Kier molecular flexibility index (Phi) is 7.15. The van der Waals surface area contributed by atoms with Crippen molar-refractivity contribution < 1.29 is 9.13 Å². The zero-order valence-corrected chi connectivity index (χ0v) is 19.5. The van der Waals surface area contributed by atoms with Crippen molar-refractivity contribution >= 4 is 28.8 Å². The van der Waals surface area contributed by atoms with Gasteiger partial charge in [-0.3, -0.25) is 4.57 Å². The molecular formula is C24H28ClFN6O. The summed E-state index contributed by atoms with van der Waals surface area (Å²) in [5.41, 5.74) is 9.31. The van der Waals surface area contributed by atoms with Crippen LogP contribution in [-0.2, 0) is 6.54 Å². The van der Waals surface area contributed by atoms with Crippen molar-refractivity contribution in [2.45, 2.75) is 26.5 Å². The predicted octanol–water partition coefficient (Wildman–Crippen LogP) is 3.74. The number of hydrogen-bond donors (Lipinski definition) is 2. The number of aromatic nitrogens is 2. The van der Waals surface area contributed by atoms with Crippen molar-refractivity contribution in [1.82, 2.24) is 14.9 Å². The highest BCUT2D eigenvalue weighted by Crippen LogP contribution is 2.25. The van der Waals surface area contributed by atoms with Gasteiger partial charge < -0.3 is 20.7 Å². The summed E-state index contributed by atoms with van der Waals surface area (Å²) in [5.74, 6) is 0.278. The second kappa shape index (κ2) is 10.2. The standard InChI is InChI=1S/C24H28ClFN6O/c1-16(2)33-22-8-7-19(13-20(22)26)30-24-29-14-21(31-11-9-28-10-12-31)23(27)32(24)15-17-3-5-18(25)6-4-17/h3-8,13-14,16,28H,9-12,15,27H2,1-2H3. The molecule has 9 heteroatoms. The summed E-state index contributed by atoms with van der Waals surface area (Å²) in [6, 6.07) is 12.2. The second-order valence-electron chi connectivity index (χ2n) is 8.17. The largest absolute Gasteiger partial charge is 0.488 e. The summed E-state index contributed by atoms with van der Waals surface area (Å²) in [6.45, 7) is 7.59. The highest BCUT2D eigenvalue weighted by atomic mass is 35.5. The van der Waals surface area contributed by atoms with Crippen LogP contribution in [-0.4, -0.2) is 41.8 Å². The van der Waals surface area contributed by atoms with Crippen LogP contribution >= 0.6 is 11.6 Å². The third kappa shape index (κ3) is 5.64. The molecule has 2 aromatic carbocycles. The molecule has 1 aromatic heterocycles. The van der Waals surface area contributed by atoms with Crippen molar-refractivity contribution in [3.8, 4) is 5.75 Å². The maximum atomic E-state index is 14.5. The Labute approximate surface area is 197 Å². The minimum atomic E-state index is -0.473. The van der Waals surface area contributed by atoms with E-state index in [1.807, 2.05) is 42.7 Å². The fourth-order valence-corrected chi connectivity index (χ4v) is 3.82. The average Bonchev–Trinajstić information content (AvgIpc) is 2.80. The number of hydrogen-bond acceptors (Lipinski definition) is 6. The van der Waals surface area contributed by atoms with Crippen LogP contribution in [0.1, 0.15) is 19.4 Å². The van der Waals surface area contributed by atoms with Crippen LogP contribution in [0.5, 0.6) is 5.75 Å². The molecule has 174 valence electrons. The molecule has 0 spiro atoms. The van der Waals surface area contributed by atoms with Crippen molar-refractivity contribution in [2.75, 3.05) is 36.8 Å². The van der Waals surface area contributed by atoms with E-state index >= 15 is 0 Å². The Balaban J connectivity index is 1.76. The SMILES string of the molecule is CC(C)Oc1ccc(N=c2ncc(N3CCNCC3)c(N)n2Cc2ccc(Cl)cc2)cc1F. The van der Waals surface area contributed by atoms with Crippen LogP contribution < -0.4 is 26.3 Å². The van der Waals surface area contributed by atoms with Gasteiger partial charge in [0.2, 0.25) is 5.62 Å². The van der Waals surface area contributed by atoms with Gasteiger partial charge in [0.15, 0.2) is 11.6 Å². The first-order valence-electron chi connectivity index (χ1n) is 11.0. The van der Waals surface area contributed by atoms with Crippen LogP contribution in [0, 0.1) is 5.82 Å². The lowest BCUT2D eigenvalue weighted by molar-refractivity contribution is 0.231. The number of halogens is 2. The van der Waals surface area contributed by atoms with E-state index in [2.05, 4.69) is 20.2 Å². The zero-order chi connectivity index (χ0) is 23.4. The molecule has 0 amide bonds. The number of anilines is 2. The van der Waals surface area contributed by atoms with Gasteiger partial charge in [0, 0.05) is 37.3 Å². The number of nitrogen functional groups attached to an aromatic ring is 1. The lowest BCUT2D eigenvalue weighted by Gasteiger charge is -2.30. The Bertz CT molecular complexity index is 1170. The van der Waals surface area contributed by atoms with Crippen LogP contribution in [0.3, 0.4) is 0 Å². The summed E-state index contributed by atoms with van der Waals surface area (Å²) in [4.78, 5) is 11.4. The number of nitrogens with zero attached hydrogens (tertiary/aromatic N) is 4. The van der Waals surface area contributed by atoms with Crippen molar-refractivity contribution in [3.05, 3.63) is 70.7 Å². The zero-order valence-electron chi connectivity index (χ0n) is 18.8. The van der Waals surface area contributed by atoms with Crippen molar-refractivity contribution in [2.24, 2.45) is 4.99 Å². The van der Waals surface area contributed by atoms with Gasteiger partial charge in [-0.2, -0.15) is 0 Å². The number of ether oxygens (including phenoxy) is 1. The van der Waals surface area contributed by atoms with E-state index in [1.165, 1.54) is 6.07 Å². The van der Waals surface area contributed by atoms with E-state index in [4.69, 9.17) is 22.1 Å². The van der Waals surface area contributed by atoms with E-state index in [0.29, 0.717) is 28.7 Å². The van der Waals surface area contributed by atoms with E-state index in [9.17, 15) is 4.39 Å². The first-order chi connectivity index (χ1) is 15.9. The topological polar surface area (TPSA) is 80.7 Å². The molecule has 0 unspecified atom stereocenters. The molecule has 2 heterocycles. The van der Waals surface area contributed by atoms with Gasteiger partial charge in [0.05, 0.1) is 30.2 Å². The maximum absolute atomic E-state index is 14.5. The lowest BCUT2D eigenvalue weighted by Crippen LogP contribution is -2.44. The molecule has 0 radical (unpaired) electrons. The molecule has 4 rings (SSSR count). The van der Waals surface area contributed by atoms with Crippen molar-refractivity contribution in [1.29, 1.82) is 0 Å². The lowest BCUT2D eigenvalue weighted by atomic mass is 10.2. The number of piperazine rings is 1. The third-order valence-corrected chi connectivity index (χ3v) is 5.57. The molecule has 0 atom stereocenters. The molecular weight excluding hydrogens is 443 g/mol. The quantitative estimate of drug-likeness (QED) is 0.573. The predicted molar refractivity (Wildman–Crippen MR) is 130 cm³/mol. The van der Waals surface area contributed by atoms with Crippen LogP contribution in [0.4, 0.5) is 21.6 Å². The van der Waals surface area contributed by atoms with Crippen LogP contribution in [0.25, 0.3) is 0 Å². The number of benzene rings is 2. The molecule has 1 fully saturated rings. The van der Waals surface area contributed by atoms with E-state index in [1.54, 1.807) is 18.3 Å². The maximum Gasteiger partial charge on any atom is 0.231 e. The van der Waals surface area contributed by atoms with E-state index in [0.717, 1.165) is 37.4 Å². The number of nitrogens with two attached hydrogens (primary N) is 1.